The van der Waals surface area contributed by atoms with Gasteiger partial charge in [0.25, 0.3) is 0 Å². The van der Waals surface area contributed by atoms with Crippen LogP contribution in [0.5, 0.6) is 0 Å². The molecule has 1 atom stereocenters. The van der Waals surface area contributed by atoms with Crippen LogP contribution < -0.4 is 10.6 Å². The number of hydrogen-bond donors (Lipinski definition) is 2. The van der Waals surface area contributed by atoms with Crippen molar-refractivity contribution in [2.24, 2.45) is 11.8 Å². The second-order valence-electron chi connectivity index (χ2n) is 6.84. The van der Waals surface area contributed by atoms with Gasteiger partial charge in [-0.15, -0.1) is 0 Å². The topological polar surface area (TPSA) is 91.2 Å². The van der Waals surface area contributed by atoms with Crippen LogP contribution in [0.25, 0.3) is 0 Å². The average Bonchev–Trinajstić information content (AvgIpc) is 2.33. The fourth-order valence-electron chi connectivity index (χ4n) is 2.04. The predicted octanol–water partition coefficient (Wildman–Crippen LogP) is 2.59. The third-order valence-electron chi connectivity index (χ3n) is 2.77. The molecular formula is C16H29N3O3. The fourth-order valence-corrected chi connectivity index (χ4v) is 2.04. The maximum atomic E-state index is 11.8. The largest absolute Gasteiger partial charge is 0.444 e. The van der Waals surface area contributed by atoms with Crippen LogP contribution >= 0.6 is 0 Å². The van der Waals surface area contributed by atoms with E-state index < -0.39 is 11.7 Å². The molecule has 0 aliphatic rings. The molecule has 6 nitrogen and oxygen atoms in total. The van der Waals surface area contributed by atoms with Crippen molar-refractivity contribution in [3.05, 3.63) is 0 Å². The molecule has 0 saturated heterocycles. The zero-order valence-electron chi connectivity index (χ0n) is 14.4. The van der Waals surface area contributed by atoms with Crippen LogP contribution in [-0.2, 0) is 9.53 Å². The van der Waals surface area contributed by atoms with E-state index in [0.29, 0.717) is 31.8 Å². The standard InChI is InChI=1S/C16H29N3O3/c1-12(2)9-13(10-14(20)18-8-6-7-17)11-19-15(21)22-16(3,4)5/h12-13H,6,8-11H2,1-5H3,(H,18,20)(H,19,21). The number of nitriles is 1. The van der Waals surface area contributed by atoms with Crippen molar-refractivity contribution in [2.45, 2.75) is 59.5 Å². The molecule has 6 heteroatoms. The summed E-state index contributed by atoms with van der Waals surface area (Å²) in [4.78, 5) is 23.5. The maximum Gasteiger partial charge on any atom is 0.407 e. The Balaban J connectivity index is 4.31. The molecule has 0 radical (unpaired) electrons. The minimum Gasteiger partial charge on any atom is -0.444 e. The van der Waals surface area contributed by atoms with Gasteiger partial charge in [-0.2, -0.15) is 5.26 Å². The van der Waals surface area contributed by atoms with Gasteiger partial charge in [0.15, 0.2) is 0 Å². The van der Waals surface area contributed by atoms with Gasteiger partial charge in [0.2, 0.25) is 5.91 Å². The van der Waals surface area contributed by atoms with E-state index in [1.165, 1.54) is 0 Å². The number of nitrogens with one attached hydrogen (secondary N) is 2. The Labute approximate surface area is 133 Å². The van der Waals surface area contributed by atoms with Crippen LogP contribution in [0.3, 0.4) is 0 Å². The van der Waals surface area contributed by atoms with Crippen LogP contribution in [0.4, 0.5) is 4.79 Å². The number of alkyl carbamates (subject to hydrolysis) is 1. The fraction of sp³-hybridized carbons (Fsp3) is 0.812. The highest BCUT2D eigenvalue weighted by Crippen LogP contribution is 2.15. The third kappa shape index (κ3) is 12.0. The van der Waals surface area contributed by atoms with Crippen molar-refractivity contribution < 1.29 is 14.3 Å². The average molecular weight is 311 g/mol. The molecule has 0 aromatic rings. The van der Waals surface area contributed by atoms with Crippen molar-refractivity contribution in [3.63, 3.8) is 0 Å². The zero-order chi connectivity index (χ0) is 17.2. The van der Waals surface area contributed by atoms with Crippen molar-refractivity contribution in [3.8, 4) is 6.07 Å². The molecular weight excluding hydrogens is 282 g/mol. The molecule has 0 aromatic heterocycles. The molecule has 0 rings (SSSR count). The quantitative estimate of drug-likeness (QED) is 0.674. The molecule has 1 unspecified atom stereocenters. The molecule has 0 fully saturated rings. The molecule has 0 aromatic carbocycles. The SMILES string of the molecule is CC(C)CC(CNC(=O)OC(C)(C)C)CC(=O)NCCC#N. The highest BCUT2D eigenvalue weighted by Gasteiger charge is 2.19. The lowest BCUT2D eigenvalue weighted by molar-refractivity contribution is -0.122. The van der Waals surface area contributed by atoms with E-state index in [-0.39, 0.29) is 11.8 Å². The summed E-state index contributed by atoms with van der Waals surface area (Å²) < 4.78 is 5.19. The summed E-state index contributed by atoms with van der Waals surface area (Å²) >= 11 is 0. The Morgan fingerprint density at radius 1 is 1.23 bits per heavy atom. The molecule has 0 bridgehead atoms. The Kier molecular flexibility index (Phi) is 9.23. The van der Waals surface area contributed by atoms with Gasteiger partial charge in [0, 0.05) is 19.5 Å². The van der Waals surface area contributed by atoms with E-state index in [2.05, 4.69) is 24.5 Å². The van der Waals surface area contributed by atoms with Gasteiger partial charge in [-0.25, -0.2) is 4.79 Å². The Morgan fingerprint density at radius 3 is 2.36 bits per heavy atom. The van der Waals surface area contributed by atoms with Crippen LogP contribution in [-0.4, -0.2) is 30.7 Å². The van der Waals surface area contributed by atoms with Crippen molar-refractivity contribution >= 4 is 12.0 Å². The summed E-state index contributed by atoms with van der Waals surface area (Å²) in [6.07, 6.45) is 1.00. The third-order valence-corrected chi connectivity index (χ3v) is 2.77. The van der Waals surface area contributed by atoms with Gasteiger partial charge >= 0.3 is 6.09 Å². The summed E-state index contributed by atoms with van der Waals surface area (Å²) in [7, 11) is 0. The summed E-state index contributed by atoms with van der Waals surface area (Å²) in [6.45, 7) is 10.3. The molecule has 0 saturated carbocycles. The Hall–Kier alpha value is -1.77. The van der Waals surface area contributed by atoms with E-state index in [0.717, 1.165) is 6.42 Å². The van der Waals surface area contributed by atoms with E-state index in [1.807, 2.05) is 6.07 Å². The van der Waals surface area contributed by atoms with Crippen LogP contribution in [0.15, 0.2) is 0 Å². The van der Waals surface area contributed by atoms with Crippen molar-refractivity contribution in [1.82, 2.24) is 10.6 Å². The van der Waals surface area contributed by atoms with Gasteiger partial charge in [-0.3, -0.25) is 4.79 Å². The first-order valence-electron chi connectivity index (χ1n) is 7.74. The molecule has 0 aliphatic heterocycles. The maximum absolute atomic E-state index is 11.8. The summed E-state index contributed by atoms with van der Waals surface area (Å²) in [5.41, 5.74) is -0.535. The number of carbonyl (C=O) groups is 2. The summed E-state index contributed by atoms with van der Waals surface area (Å²) in [5, 5.41) is 13.9. The number of hydrogen-bond acceptors (Lipinski definition) is 4. The van der Waals surface area contributed by atoms with E-state index in [1.54, 1.807) is 20.8 Å². The van der Waals surface area contributed by atoms with Crippen molar-refractivity contribution in [1.29, 1.82) is 5.26 Å². The minimum absolute atomic E-state index is 0.0506. The molecule has 126 valence electrons. The number of nitrogens with zero attached hydrogens (tertiary/aromatic N) is 1. The number of carbonyl (C=O) groups excluding carboxylic acids is 2. The second kappa shape index (κ2) is 10.0. The molecule has 2 amide bonds. The van der Waals surface area contributed by atoms with Gasteiger partial charge in [-0.05, 0) is 39.0 Å². The minimum atomic E-state index is -0.535. The monoisotopic (exact) mass is 311 g/mol. The second-order valence-corrected chi connectivity index (χ2v) is 6.84. The lowest BCUT2D eigenvalue weighted by Crippen LogP contribution is -2.37. The first-order chi connectivity index (χ1) is 10.1. The smallest absolute Gasteiger partial charge is 0.407 e. The highest BCUT2D eigenvalue weighted by molar-refractivity contribution is 5.76. The molecule has 22 heavy (non-hydrogen) atoms. The molecule has 0 heterocycles. The van der Waals surface area contributed by atoms with Gasteiger partial charge in [0.1, 0.15) is 5.60 Å². The number of ether oxygens (including phenoxy) is 1. The lowest BCUT2D eigenvalue weighted by atomic mass is 9.93. The van der Waals surface area contributed by atoms with Gasteiger partial charge in [-0.1, -0.05) is 13.8 Å². The van der Waals surface area contributed by atoms with Crippen molar-refractivity contribution in [2.75, 3.05) is 13.1 Å². The molecule has 2 N–H and O–H groups in total. The van der Waals surface area contributed by atoms with E-state index in [4.69, 9.17) is 10.00 Å². The first kappa shape index (κ1) is 20.2. The summed E-state index contributed by atoms with van der Waals surface area (Å²) in [5.74, 6) is 0.388. The van der Waals surface area contributed by atoms with E-state index >= 15 is 0 Å². The molecule has 0 spiro atoms. The van der Waals surface area contributed by atoms with Crippen LogP contribution in [0.1, 0.15) is 53.9 Å². The molecule has 0 aliphatic carbocycles. The zero-order valence-corrected chi connectivity index (χ0v) is 14.4. The number of rotatable bonds is 8. The lowest BCUT2D eigenvalue weighted by Gasteiger charge is -2.22. The normalized spacial score (nSPS) is 12.4. The Bertz CT molecular complexity index is 394. The number of amides is 2. The van der Waals surface area contributed by atoms with Gasteiger partial charge < -0.3 is 15.4 Å². The predicted molar refractivity (Wildman–Crippen MR) is 85.0 cm³/mol. The first-order valence-corrected chi connectivity index (χ1v) is 7.74. The highest BCUT2D eigenvalue weighted by atomic mass is 16.6. The van der Waals surface area contributed by atoms with E-state index in [9.17, 15) is 9.59 Å². The van der Waals surface area contributed by atoms with Crippen LogP contribution in [0.2, 0.25) is 0 Å². The van der Waals surface area contributed by atoms with Gasteiger partial charge in [0.05, 0.1) is 12.5 Å². The van der Waals surface area contributed by atoms with Crippen LogP contribution in [0, 0.1) is 23.2 Å². The summed E-state index contributed by atoms with van der Waals surface area (Å²) in [6, 6.07) is 1.98. The Morgan fingerprint density at radius 2 is 1.86 bits per heavy atom.